The van der Waals surface area contributed by atoms with Crippen LogP contribution < -0.4 is 15.8 Å². The number of nitrogens with one attached hydrogen (secondary N) is 1. The van der Waals surface area contributed by atoms with E-state index in [-0.39, 0.29) is 16.9 Å². The molecule has 2 rings (SSSR count). The van der Waals surface area contributed by atoms with Gasteiger partial charge in [-0.1, -0.05) is 6.07 Å². The van der Waals surface area contributed by atoms with Gasteiger partial charge in [0.05, 0.1) is 12.2 Å². The normalized spacial score (nSPS) is 10.1. The molecule has 0 saturated carbocycles. The van der Waals surface area contributed by atoms with Crippen molar-refractivity contribution < 1.29 is 13.9 Å². The average molecular weight is 341 g/mol. The second-order valence-electron chi connectivity index (χ2n) is 5.52. The van der Waals surface area contributed by atoms with E-state index in [0.717, 1.165) is 19.3 Å². The fraction of sp³-hybridized carbons (Fsp3) is 0.263. The summed E-state index contributed by atoms with van der Waals surface area (Å²) < 4.78 is 19.0. The predicted octanol–water partition coefficient (Wildman–Crippen LogP) is 3.55. The number of aryl methyl sites for hydroxylation is 1. The molecule has 1 aromatic heterocycles. The number of anilines is 2. The Morgan fingerprint density at radius 3 is 2.96 bits per heavy atom. The van der Waals surface area contributed by atoms with Gasteiger partial charge in [-0.15, -0.1) is 12.3 Å². The number of carbonyl (C=O) groups is 1. The third-order valence-electron chi connectivity index (χ3n) is 3.50. The molecule has 0 atom stereocenters. The first kappa shape index (κ1) is 18.3. The first-order valence-corrected chi connectivity index (χ1v) is 7.91. The van der Waals surface area contributed by atoms with E-state index in [1.807, 2.05) is 0 Å². The van der Waals surface area contributed by atoms with Gasteiger partial charge in [0.15, 0.2) is 0 Å². The number of halogens is 1. The summed E-state index contributed by atoms with van der Waals surface area (Å²) in [6.45, 7) is 2.07. The zero-order valence-corrected chi connectivity index (χ0v) is 14.0. The smallest absolute Gasteiger partial charge is 0.259 e. The maximum atomic E-state index is 13.3. The number of terminal acetylenes is 1. The van der Waals surface area contributed by atoms with Crippen molar-refractivity contribution >= 4 is 17.4 Å². The van der Waals surface area contributed by atoms with Crippen LogP contribution in [0.4, 0.5) is 15.9 Å². The highest BCUT2D eigenvalue weighted by Crippen LogP contribution is 2.20. The lowest BCUT2D eigenvalue weighted by Gasteiger charge is -2.10. The Bertz CT molecular complexity index is 800. The molecule has 0 unspecified atom stereocenters. The Balaban J connectivity index is 2.01. The Hall–Kier alpha value is -3.07. The Morgan fingerprint density at radius 2 is 2.20 bits per heavy atom. The van der Waals surface area contributed by atoms with Gasteiger partial charge in [0.1, 0.15) is 11.6 Å². The molecular formula is C19H20FN3O2. The highest BCUT2D eigenvalue weighted by Gasteiger charge is 2.14. The molecule has 130 valence electrons. The van der Waals surface area contributed by atoms with E-state index in [0.29, 0.717) is 18.0 Å². The highest BCUT2D eigenvalue weighted by molar-refractivity contribution is 6.07. The van der Waals surface area contributed by atoms with E-state index in [1.165, 1.54) is 13.0 Å². The fourth-order valence-electron chi connectivity index (χ4n) is 2.17. The number of nitrogen functional groups attached to an aromatic ring is 1. The molecule has 0 aliphatic heterocycles. The monoisotopic (exact) mass is 341 g/mol. The first-order chi connectivity index (χ1) is 12.0. The predicted molar refractivity (Wildman–Crippen MR) is 95.9 cm³/mol. The number of carbonyl (C=O) groups excluding carboxylic acids is 1. The molecule has 1 amide bonds. The standard InChI is InChI=1S/C19H20FN3O2/c1-3-4-5-6-10-25-15-9-7-8-14(12-15)22-19(24)16-11-13(2)17(20)23-18(16)21/h1,7-9,11-12H,4-6,10H2,2H3,(H2,21,23)(H,22,24). The fourth-order valence-corrected chi connectivity index (χ4v) is 2.17. The molecule has 0 radical (unpaired) electrons. The van der Waals surface area contributed by atoms with Crippen LogP contribution in [0.5, 0.6) is 5.75 Å². The van der Waals surface area contributed by atoms with Gasteiger partial charge < -0.3 is 15.8 Å². The van der Waals surface area contributed by atoms with E-state index < -0.39 is 11.9 Å². The Morgan fingerprint density at radius 1 is 1.40 bits per heavy atom. The molecule has 1 aromatic carbocycles. The number of amides is 1. The lowest BCUT2D eigenvalue weighted by molar-refractivity contribution is 0.102. The van der Waals surface area contributed by atoms with E-state index in [2.05, 4.69) is 16.2 Å². The van der Waals surface area contributed by atoms with Gasteiger partial charge in [-0.3, -0.25) is 4.79 Å². The van der Waals surface area contributed by atoms with Crippen molar-refractivity contribution in [2.75, 3.05) is 17.7 Å². The average Bonchev–Trinajstić information content (AvgIpc) is 2.58. The van der Waals surface area contributed by atoms with Crippen molar-refractivity contribution in [3.05, 3.63) is 47.4 Å². The van der Waals surface area contributed by atoms with Crippen molar-refractivity contribution in [3.63, 3.8) is 0 Å². The van der Waals surface area contributed by atoms with Crippen LogP contribution in [-0.2, 0) is 0 Å². The number of rotatable bonds is 7. The SMILES string of the molecule is C#CCCCCOc1cccc(NC(=O)c2cc(C)c(F)nc2N)c1. The third kappa shape index (κ3) is 5.21. The number of nitrogens with two attached hydrogens (primary N) is 1. The summed E-state index contributed by atoms with van der Waals surface area (Å²) in [5, 5.41) is 2.71. The number of unbranched alkanes of at least 4 members (excludes halogenated alkanes) is 2. The summed E-state index contributed by atoms with van der Waals surface area (Å²) in [5.41, 5.74) is 6.56. The molecular weight excluding hydrogens is 321 g/mol. The minimum Gasteiger partial charge on any atom is -0.494 e. The number of benzene rings is 1. The van der Waals surface area contributed by atoms with Gasteiger partial charge in [-0.05, 0) is 38.0 Å². The van der Waals surface area contributed by atoms with Crippen LogP contribution in [0.2, 0.25) is 0 Å². The third-order valence-corrected chi connectivity index (χ3v) is 3.50. The summed E-state index contributed by atoms with van der Waals surface area (Å²) in [7, 11) is 0. The molecule has 0 spiro atoms. The van der Waals surface area contributed by atoms with Crippen molar-refractivity contribution in [2.45, 2.75) is 26.2 Å². The molecule has 6 heteroatoms. The number of aromatic nitrogens is 1. The second-order valence-corrected chi connectivity index (χ2v) is 5.52. The quantitative estimate of drug-likeness (QED) is 0.459. The maximum absolute atomic E-state index is 13.3. The van der Waals surface area contributed by atoms with E-state index in [1.54, 1.807) is 24.3 Å². The second kappa shape index (κ2) is 8.69. The van der Waals surface area contributed by atoms with Gasteiger partial charge in [0, 0.05) is 23.7 Å². The molecule has 5 nitrogen and oxygen atoms in total. The molecule has 2 aromatic rings. The van der Waals surface area contributed by atoms with Crippen LogP contribution in [0.25, 0.3) is 0 Å². The number of hydrogen-bond acceptors (Lipinski definition) is 4. The zero-order chi connectivity index (χ0) is 18.2. The highest BCUT2D eigenvalue weighted by atomic mass is 19.1. The minimum atomic E-state index is -0.686. The minimum absolute atomic E-state index is 0.125. The zero-order valence-electron chi connectivity index (χ0n) is 14.0. The molecule has 25 heavy (non-hydrogen) atoms. The lowest BCUT2D eigenvalue weighted by atomic mass is 10.1. The lowest BCUT2D eigenvalue weighted by Crippen LogP contribution is -2.16. The summed E-state index contributed by atoms with van der Waals surface area (Å²) in [6.07, 6.45) is 7.69. The molecule has 1 heterocycles. The van der Waals surface area contributed by atoms with E-state index >= 15 is 0 Å². The topological polar surface area (TPSA) is 77.2 Å². The summed E-state index contributed by atoms with van der Waals surface area (Å²) in [6, 6.07) is 8.37. The van der Waals surface area contributed by atoms with Crippen LogP contribution in [0.1, 0.15) is 35.2 Å². The summed E-state index contributed by atoms with van der Waals surface area (Å²) >= 11 is 0. The molecule has 0 fully saturated rings. The van der Waals surface area contributed by atoms with Gasteiger partial charge in [0.2, 0.25) is 5.95 Å². The number of ether oxygens (including phenoxy) is 1. The van der Waals surface area contributed by atoms with E-state index in [9.17, 15) is 9.18 Å². The number of hydrogen-bond donors (Lipinski definition) is 2. The molecule has 0 aliphatic rings. The molecule has 0 bridgehead atoms. The Kier molecular flexibility index (Phi) is 6.35. The van der Waals surface area contributed by atoms with Crippen LogP contribution in [0.3, 0.4) is 0 Å². The van der Waals surface area contributed by atoms with Crippen LogP contribution >= 0.6 is 0 Å². The van der Waals surface area contributed by atoms with Gasteiger partial charge in [0.25, 0.3) is 5.91 Å². The molecule has 0 aliphatic carbocycles. The number of pyridine rings is 1. The summed E-state index contributed by atoms with van der Waals surface area (Å²) in [5.74, 6) is 1.93. The van der Waals surface area contributed by atoms with Crippen molar-refractivity contribution in [1.29, 1.82) is 0 Å². The first-order valence-electron chi connectivity index (χ1n) is 7.91. The van der Waals surface area contributed by atoms with E-state index in [4.69, 9.17) is 16.9 Å². The Labute approximate surface area is 146 Å². The van der Waals surface area contributed by atoms with Crippen molar-refractivity contribution in [2.24, 2.45) is 0 Å². The maximum Gasteiger partial charge on any atom is 0.259 e. The summed E-state index contributed by atoms with van der Waals surface area (Å²) in [4.78, 5) is 15.9. The van der Waals surface area contributed by atoms with Crippen LogP contribution in [0.15, 0.2) is 30.3 Å². The van der Waals surface area contributed by atoms with Gasteiger partial charge in [-0.25, -0.2) is 4.98 Å². The van der Waals surface area contributed by atoms with Crippen molar-refractivity contribution in [3.8, 4) is 18.1 Å². The van der Waals surface area contributed by atoms with Crippen LogP contribution in [0, 0.1) is 25.2 Å². The van der Waals surface area contributed by atoms with Gasteiger partial charge >= 0.3 is 0 Å². The number of nitrogens with zero attached hydrogens (tertiary/aromatic N) is 1. The molecule has 0 saturated heterocycles. The molecule has 3 N–H and O–H groups in total. The largest absolute Gasteiger partial charge is 0.494 e. The van der Waals surface area contributed by atoms with Crippen molar-refractivity contribution in [1.82, 2.24) is 4.98 Å². The van der Waals surface area contributed by atoms with Gasteiger partial charge in [-0.2, -0.15) is 4.39 Å². The van der Waals surface area contributed by atoms with Crippen LogP contribution in [-0.4, -0.2) is 17.5 Å².